The maximum atomic E-state index is 14.7. The third kappa shape index (κ3) is 5.86. The second-order valence-electron chi connectivity index (χ2n) is 8.07. The van der Waals surface area contributed by atoms with Crippen molar-refractivity contribution in [3.63, 3.8) is 0 Å². The highest BCUT2D eigenvalue weighted by Gasteiger charge is 2.29. The van der Waals surface area contributed by atoms with Gasteiger partial charge in [-0.1, -0.05) is 12.1 Å². The third-order valence-electron chi connectivity index (χ3n) is 5.16. The fourth-order valence-corrected chi connectivity index (χ4v) is 3.41. The smallest absolute Gasteiger partial charge is 0.274 e. The van der Waals surface area contributed by atoms with Gasteiger partial charge in [0, 0.05) is 44.5 Å². The molecule has 0 radical (unpaired) electrons. The zero-order chi connectivity index (χ0) is 25.2. The Morgan fingerprint density at radius 3 is 2.40 bits per heavy atom. The predicted octanol–water partition coefficient (Wildman–Crippen LogP) is 4.43. The molecule has 35 heavy (non-hydrogen) atoms. The second kappa shape index (κ2) is 9.61. The zero-order valence-corrected chi connectivity index (χ0v) is 18.8. The van der Waals surface area contributed by atoms with Crippen LogP contribution in [0.3, 0.4) is 0 Å². The number of nitrogens with zero attached hydrogens (tertiary/aromatic N) is 5. The van der Waals surface area contributed by atoms with Crippen molar-refractivity contribution in [2.24, 2.45) is 7.05 Å². The molecule has 11 heteroatoms. The average Bonchev–Trinajstić information content (AvgIpc) is 3.20. The number of benzene rings is 1. The molecule has 7 nitrogen and oxygen atoms in total. The van der Waals surface area contributed by atoms with E-state index in [1.165, 1.54) is 12.1 Å². The highest BCUT2D eigenvalue weighted by molar-refractivity contribution is 5.92. The molecular formula is C24H20F4N6O. The number of hydrogen-bond donors (Lipinski definition) is 1. The number of carbonyl (C=O) groups excluding carboxylic acids is 1. The van der Waals surface area contributed by atoms with E-state index in [0.29, 0.717) is 30.3 Å². The lowest BCUT2D eigenvalue weighted by Crippen LogP contribution is -2.17. The molecule has 0 saturated heterocycles. The molecule has 3 heterocycles. The lowest BCUT2D eigenvalue weighted by molar-refractivity contribution is -0.115. The van der Waals surface area contributed by atoms with Gasteiger partial charge in [0.1, 0.15) is 11.6 Å². The van der Waals surface area contributed by atoms with E-state index in [4.69, 9.17) is 0 Å². The number of aromatic nitrogens is 5. The summed E-state index contributed by atoms with van der Waals surface area (Å²) in [7, 11) is 1.82. The number of pyridine rings is 1. The van der Waals surface area contributed by atoms with Gasteiger partial charge in [0.15, 0.2) is 0 Å². The first kappa shape index (κ1) is 24.0. The van der Waals surface area contributed by atoms with Crippen molar-refractivity contribution < 1.29 is 22.4 Å². The summed E-state index contributed by atoms with van der Waals surface area (Å²) in [6.07, 6.45) is 7.84. The van der Waals surface area contributed by atoms with E-state index in [1.54, 1.807) is 29.3 Å². The van der Waals surface area contributed by atoms with E-state index in [0.717, 1.165) is 17.8 Å². The van der Waals surface area contributed by atoms with Crippen LogP contribution in [-0.4, -0.2) is 30.6 Å². The van der Waals surface area contributed by atoms with Gasteiger partial charge < -0.3 is 5.32 Å². The summed E-state index contributed by atoms with van der Waals surface area (Å²) in [5, 5.41) is 6.44. The van der Waals surface area contributed by atoms with E-state index >= 15 is 0 Å². The number of halogens is 4. The van der Waals surface area contributed by atoms with Crippen LogP contribution in [0.15, 0.2) is 55.2 Å². The van der Waals surface area contributed by atoms with Crippen molar-refractivity contribution >= 4 is 11.6 Å². The Bertz CT molecular complexity index is 1370. The van der Waals surface area contributed by atoms with Crippen molar-refractivity contribution in [1.82, 2.24) is 24.7 Å². The average molecular weight is 484 g/mol. The lowest BCUT2D eigenvalue weighted by Gasteiger charge is -2.13. The number of anilines is 1. The number of aryl methyl sites for hydroxylation is 1. The van der Waals surface area contributed by atoms with E-state index in [-0.39, 0.29) is 17.7 Å². The Labute approximate surface area is 197 Å². The topological polar surface area (TPSA) is 85.6 Å². The second-order valence-corrected chi connectivity index (χ2v) is 8.07. The molecule has 1 aromatic carbocycles. The molecule has 1 N–H and O–H groups in total. The van der Waals surface area contributed by atoms with Crippen LogP contribution in [0.2, 0.25) is 0 Å². The first-order valence-corrected chi connectivity index (χ1v) is 10.5. The largest absolute Gasteiger partial charge is 0.324 e. The molecule has 0 unspecified atom stereocenters. The number of rotatable bonds is 7. The highest BCUT2D eigenvalue weighted by atomic mass is 19.3. The van der Waals surface area contributed by atoms with Gasteiger partial charge in [-0.3, -0.25) is 9.48 Å². The van der Waals surface area contributed by atoms with Gasteiger partial charge in [-0.15, -0.1) is 0 Å². The monoisotopic (exact) mass is 484 g/mol. The molecule has 0 aliphatic heterocycles. The summed E-state index contributed by atoms with van der Waals surface area (Å²) < 4.78 is 56.9. The minimum Gasteiger partial charge on any atom is -0.324 e. The fourth-order valence-electron chi connectivity index (χ4n) is 3.41. The number of nitrogens with one attached hydrogen (secondary N) is 1. The molecule has 0 atom stereocenters. The van der Waals surface area contributed by atoms with Crippen molar-refractivity contribution in [1.29, 1.82) is 0 Å². The lowest BCUT2D eigenvalue weighted by atomic mass is 10.0. The van der Waals surface area contributed by atoms with Gasteiger partial charge in [-0.05, 0) is 28.8 Å². The van der Waals surface area contributed by atoms with Crippen LogP contribution in [-0.2, 0) is 30.6 Å². The standard InChI is InChI=1S/C24H20F4N6O/c1-24(27,28)19-8-18(12-31-23(19)26)33-22(35)7-16-4-3-15(6-20(16)25)17-10-29-21(30-11-17)5-14-9-32-34(2)13-14/h3-4,6,8-13H,5,7H2,1-2H3,(H,33,35). The molecule has 3 aromatic heterocycles. The Morgan fingerprint density at radius 1 is 1.03 bits per heavy atom. The van der Waals surface area contributed by atoms with Crippen LogP contribution in [0.25, 0.3) is 11.1 Å². The first-order chi connectivity index (χ1) is 16.6. The van der Waals surface area contributed by atoms with Crippen LogP contribution >= 0.6 is 0 Å². The fraction of sp³-hybridized carbons (Fsp3) is 0.208. The summed E-state index contributed by atoms with van der Waals surface area (Å²) in [6, 6.07) is 5.14. The first-order valence-electron chi connectivity index (χ1n) is 10.5. The van der Waals surface area contributed by atoms with E-state index in [2.05, 4.69) is 25.4 Å². The highest BCUT2D eigenvalue weighted by Crippen LogP contribution is 2.30. The summed E-state index contributed by atoms with van der Waals surface area (Å²) in [4.78, 5) is 24.2. The molecule has 0 aliphatic rings. The molecule has 4 aromatic rings. The maximum Gasteiger partial charge on any atom is 0.274 e. The Balaban J connectivity index is 1.42. The van der Waals surface area contributed by atoms with Gasteiger partial charge >= 0.3 is 0 Å². The van der Waals surface area contributed by atoms with Crippen LogP contribution in [0, 0.1) is 11.8 Å². The number of carbonyl (C=O) groups is 1. The van der Waals surface area contributed by atoms with Gasteiger partial charge in [0.05, 0.1) is 30.1 Å². The molecule has 4 rings (SSSR count). The molecule has 0 aliphatic carbocycles. The van der Waals surface area contributed by atoms with Crippen LogP contribution in [0.5, 0.6) is 0 Å². The van der Waals surface area contributed by atoms with Crippen LogP contribution in [0.1, 0.15) is 29.4 Å². The van der Waals surface area contributed by atoms with Crippen molar-refractivity contribution in [2.75, 3.05) is 5.32 Å². The number of alkyl halides is 2. The SMILES string of the molecule is Cn1cc(Cc2ncc(-c3ccc(CC(=O)Nc4cnc(F)c(C(C)(F)F)c4)c(F)c3)cn2)cn1. The number of hydrogen-bond acceptors (Lipinski definition) is 5. The van der Waals surface area contributed by atoms with Crippen molar-refractivity contribution in [3.8, 4) is 11.1 Å². The zero-order valence-electron chi connectivity index (χ0n) is 18.8. The molecular weight excluding hydrogens is 464 g/mol. The van der Waals surface area contributed by atoms with E-state index in [9.17, 15) is 22.4 Å². The normalized spacial score (nSPS) is 11.5. The van der Waals surface area contributed by atoms with Gasteiger partial charge in [0.25, 0.3) is 5.92 Å². The van der Waals surface area contributed by atoms with Gasteiger partial charge in [-0.25, -0.2) is 28.1 Å². The molecule has 0 saturated carbocycles. The van der Waals surface area contributed by atoms with Crippen LogP contribution in [0.4, 0.5) is 23.2 Å². The van der Waals surface area contributed by atoms with E-state index < -0.39 is 29.2 Å². The minimum absolute atomic E-state index is 0.0940. The Morgan fingerprint density at radius 2 is 1.77 bits per heavy atom. The van der Waals surface area contributed by atoms with Gasteiger partial charge in [0.2, 0.25) is 11.9 Å². The molecule has 1 amide bonds. The van der Waals surface area contributed by atoms with Crippen LogP contribution < -0.4 is 5.32 Å². The molecule has 0 fully saturated rings. The molecule has 0 spiro atoms. The maximum absolute atomic E-state index is 14.7. The van der Waals surface area contributed by atoms with Gasteiger partial charge in [-0.2, -0.15) is 9.49 Å². The predicted molar refractivity (Wildman–Crippen MR) is 120 cm³/mol. The minimum atomic E-state index is -3.47. The number of amides is 1. The van der Waals surface area contributed by atoms with Crippen molar-refractivity contribution in [2.45, 2.75) is 25.7 Å². The summed E-state index contributed by atoms with van der Waals surface area (Å²) in [6.45, 7) is 0.523. The Hall–Kier alpha value is -4.15. The van der Waals surface area contributed by atoms with Crippen molar-refractivity contribution in [3.05, 3.63) is 89.5 Å². The summed E-state index contributed by atoms with van der Waals surface area (Å²) in [5.41, 5.74) is 1.12. The molecule has 180 valence electrons. The van der Waals surface area contributed by atoms with E-state index in [1.807, 2.05) is 13.2 Å². The third-order valence-corrected chi connectivity index (χ3v) is 5.16. The quantitative estimate of drug-likeness (QED) is 0.310. The summed E-state index contributed by atoms with van der Waals surface area (Å²) in [5.74, 6) is -5.50. The summed E-state index contributed by atoms with van der Waals surface area (Å²) >= 11 is 0. The Kier molecular flexibility index (Phi) is 6.59. The molecule has 0 bridgehead atoms.